The third kappa shape index (κ3) is 2.35. The Morgan fingerprint density at radius 1 is 1.09 bits per heavy atom. The van der Waals surface area contributed by atoms with E-state index in [1.54, 1.807) is 11.3 Å². The Kier molecular flexibility index (Phi) is 3.31. The number of nitrogens with zero attached hydrogens (tertiary/aromatic N) is 2. The van der Waals surface area contributed by atoms with Crippen LogP contribution < -0.4 is 0 Å². The van der Waals surface area contributed by atoms with Crippen LogP contribution in [0.15, 0.2) is 60.2 Å². The zero-order valence-electron chi connectivity index (χ0n) is 12.1. The highest BCUT2D eigenvalue weighted by atomic mass is 32.1. The van der Waals surface area contributed by atoms with Crippen molar-refractivity contribution in [3.05, 3.63) is 76.2 Å². The van der Waals surface area contributed by atoms with Crippen LogP contribution in [0.4, 0.5) is 0 Å². The van der Waals surface area contributed by atoms with Crippen molar-refractivity contribution in [2.24, 2.45) is 0 Å². The van der Waals surface area contributed by atoms with Crippen molar-refractivity contribution >= 4 is 17.2 Å². The lowest BCUT2D eigenvalue weighted by Crippen LogP contribution is -2.35. The summed E-state index contributed by atoms with van der Waals surface area (Å²) in [7, 11) is 0. The first kappa shape index (κ1) is 13.3. The molecule has 0 aliphatic carbocycles. The molecule has 1 aliphatic rings. The van der Waals surface area contributed by atoms with E-state index in [4.69, 9.17) is 0 Å². The first-order valence-electron chi connectivity index (χ1n) is 7.39. The number of amides is 1. The molecule has 3 nitrogen and oxygen atoms in total. The number of benzene rings is 1. The molecule has 0 bridgehead atoms. The Morgan fingerprint density at radius 2 is 1.95 bits per heavy atom. The van der Waals surface area contributed by atoms with Gasteiger partial charge in [-0.15, -0.1) is 11.3 Å². The summed E-state index contributed by atoms with van der Waals surface area (Å²) in [6.07, 6.45) is 4.94. The number of rotatable bonds is 2. The summed E-state index contributed by atoms with van der Waals surface area (Å²) in [5, 5.41) is 2.12. The molecule has 1 aliphatic heterocycles. The molecule has 3 heterocycles. The summed E-state index contributed by atoms with van der Waals surface area (Å²) in [5.74, 6) is 0.119. The summed E-state index contributed by atoms with van der Waals surface area (Å²) in [6, 6.07) is 14.0. The SMILES string of the molecule is O=C(c1cccc(-n2cccc2)c1)N1CCc2ccsc2C1. The number of hydrogen-bond acceptors (Lipinski definition) is 2. The summed E-state index contributed by atoms with van der Waals surface area (Å²) < 4.78 is 2.02. The molecule has 0 radical (unpaired) electrons. The second-order valence-corrected chi connectivity index (χ2v) is 6.49. The van der Waals surface area contributed by atoms with Crippen molar-refractivity contribution in [1.82, 2.24) is 9.47 Å². The third-order valence-corrected chi connectivity index (χ3v) is 5.05. The van der Waals surface area contributed by atoms with Crippen LogP contribution in [-0.2, 0) is 13.0 Å². The normalized spacial score (nSPS) is 13.9. The highest BCUT2D eigenvalue weighted by Crippen LogP contribution is 2.25. The van der Waals surface area contributed by atoms with Crippen LogP contribution >= 0.6 is 11.3 Å². The van der Waals surface area contributed by atoms with Crippen molar-refractivity contribution in [2.45, 2.75) is 13.0 Å². The fraction of sp³-hybridized carbons (Fsp3) is 0.167. The van der Waals surface area contributed by atoms with Gasteiger partial charge in [-0.3, -0.25) is 4.79 Å². The van der Waals surface area contributed by atoms with Gasteiger partial charge in [0.15, 0.2) is 0 Å². The molecule has 1 aromatic carbocycles. The fourth-order valence-electron chi connectivity index (χ4n) is 2.90. The van der Waals surface area contributed by atoms with Crippen LogP contribution in [0.3, 0.4) is 0 Å². The zero-order valence-corrected chi connectivity index (χ0v) is 12.9. The molecule has 0 N–H and O–H groups in total. The van der Waals surface area contributed by atoms with Crippen LogP contribution in [0.25, 0.3) is 5.69 Å². The molecule has 110 valence electrons. The molecule has 2 aromatic heterocycles. The third-order valence-electron chi connectivity index (χ3n) is 4.11. The van der Waals surface area contributed by atoms with Gasteiger partial charge in [-0.05, 0) is 53.8 Å². The monoisotopic (exact) mass is 308 g/mol. The molecular weight excluding hydrogens is 292 g/mol. The van der Waals surface area contributed by atoms with Crippen molar-refractivity contribution < 1.29 is 4.79 Å². The maximum Gasteiger partial charge on any atom is 0.254 e. The lowest BCUT2D eigenvalue weighted by Gasteiger charge is -2.27. The maximum atomic E-state index is 12.8. The van der Waals surface area contributed by atoms with Gasteiger partial charge in [0.25, 0.3) is 5.91 Å². The average Bonchev–Trinajstić information content (AvgIpc) is 3.25. The Hall–Kier alpha value is -2.33. The molecule has 3 aromatic rings. The van der Waals surface area contributed by atoms with E-state index in [2.05, 4.69) is 11.4 Å². The molecule has 0 spiro atoms. The van der Waals surface area contributed by atoms with Gasteiger partial charge in [0.1, 0.15) is 0 Å². The van der Waals surface area contributed by atoms with Gasteiger partial charge in [-0.1, -0.05) is 6.07 Å². The zero-order chi connectivity index (χ0) is 14.9. The Bertz CT molecular complexity index is 804. The van der Waals surface area contributed by atoms with Crippen LogP contribution in [0, 0.1) is 0 Å². The molecule has 0 saturated heterocycles. The number of aromatic nitrogens is 1. The van der Waals surface area contributed by atoms with E-state index >= 15 is 0 Å². The summed E-state index contributed by atoms with van der Waals surface area (Å²) in [4.78, 5) is 16.0. The second kappa shape index (κ2) is 5.46. The predicted molar refractivity (Wildman–Crippen MR) is 88.5 cm³/mol. The fourth-order valence-corrected chi connectivity index (χ4v) is 3.85. The maximum absolute atomic E-state index is 12.8. The Balaban J connectivity index is 1.60. The van der Waals surface area contributed by atoms with Crippen molar-refractivity contribution in [3.8, 4) is 5.69 Å². The molecule has 1 amide bonds. The van der Waals surface area contributed by atoms with Crippen LogP contribution in [-0.4, -0.2) is 21.9 Å². The molecule has 0 unspecified atom stereocenters. The van der Waals surface area contributed by atoms with E-state index in [0.29, 0.717) is 0 Å². The molecule has 22 heavy (non-hydrogen) atoms. The lowest BCUT2D eigenvalue weighted by atomic mass is 10.1. The van der Waals surface area contributed by atoms with Gasteiger partial charge in [-0.2, -0.15) is 0 Å². The van der Waals surface area contributed by atoms with E-state index in [1.807, 2.05) is 58.3 Å². The number of carbonyl (C=O) groups is 1. The highest BCUT2D eigenvalue weighted by Gasteiger charge is 2.22. The van der Waals surface area contributed by atoms with Gasteiger partial charge >= 0.3 is 0 Å². The number of hydrogen-bond donors (Lipinski definition) is 0. The molecule has 0 atom stereocenters. The first-order valence-corrected chi connectivity index (χ1v) is 8.27. The second-order valence-electron chi connectivity index (χ2n) is 5.49. The van der Waals surface area contributed by atoms with Crippen molar-refractivity contribution in [1.29, 1.82) is 0 Å². The van der Waals surface area contributed by atoms with Crippen molar-refractivity contribution in [2.75, 3.05) is 6.54 Å². The average molecular weight is 308 g/mol. The van der Waals surface area contributed by atoms with Gasteiger partial charge in [0.05, 0.1) is 6.54 Å². The summed E-state index contributed by atoms with van der Waals surface area (Å²) >= 11 is 1.74. The van der Waals surface area contributed by atoms with Crippen molar-refractivity contribution in [3.63, 3.8) is 0 Å². The van der Waals surface area contributed by atoms with E-state index < -0.39 is 0 Å². The predicted octanol–water partition coefficient (Wildman–Crippen LogP) is 3.74. The molecule has 0 saturated carbocycles. The minimum absolute atomic E-state index is 0.119. The summed E-state index contributed by atoms with van der Waals surface area (Å²) in [5.41, 5.74) is 3.17. The molecular formula is C18H16N2OS. The van der Waals surface area contributed by atoms with Crippen LogP contribution in [0.2, 0.25) is 0 Å². The van der Waals surface area contributed by atoms with Gasteiger partial charge in [0, 0.05) is 35.1 Å². The minimum atomic E-state index is 0.119. The largest absolute Gasteiger partial charge is 0.333 e. The standard InChI is InChI=1S/C18H16N2OS/c21-18(20-10-6-14-7-11-22-17(14)13-20)15-4-3-5-16(12-15)19-8-1-2-9-19/h1-5,7-9,11-12H,6,10,13H2. The quantitative estimate of drug-likeness (QED) is 0.708. The molecule has 0 fully saturated rings. The van der Waals surface area contributed by atoms with Gasteiger partial charge in [0.2, 0.25) is 0 Å². The van der Waals surface area contributed by atoms with Crippen LogP contribution in [0.5, 0.6) is 0 Å². The molecule has 4 rings (SSSR count). The molecule has 4 heteroatoms. The van der Waals surface area contributed by atoms with Gasteiger partial charge in [-0.25, -0.2) is 0 Å². The summed E-state index contributed by atoms with van der Waals surface area (Å²) in [6.45, 7) is 1.54. The number of thiophene rings is 1. The Morgan fingerprint density at radius 3 is 2.82 bits per heavy atom. The van der Waals surface area contributed by atoms with Crippen LogP contribution in [0.1, 0.15) is 20.8 Å². The van der Waals surface area contributed by atoms with E-state index in [0.717, 1.165) is 30.8 Å². The number of fused-ring (bicyclic) bond motifs is 1. The number of carbonyl (C=O) groups excluding carboxylic acids is 1. The lowest BCUT2D eigenvalue weighted by molar-refractivity contribution is 0.0737. The van der Waals surface area contributed by atoms with E-state index in [9.17, 15) is 4.79 Å². The van der Waals surface area contributed by atoms with E-state index in [-0.39, 0.29) is 5.91 Å². The van der Waals surface area contributed by atoms with Gasteiger partial charge < -0.3 is 9.47 Å². The topological polar surface area (TPSA) is 25.2 Å². The Labute approximate surface area is 133 Å². The minimum Gasteiger partial charge on any atom is -0.333 e. The smallest absolute Gasteiger partial charge is 0.254 e. The van der Waals surface area contributed by atoms with E-state index in [1.165, 1.54) is 10.4 Å². The highest BCUT2D eigenvalue weighted by molar-refractivity contribution is 7.10. The first-order chi connectivity index (χ1) is 10.8.